The summed E-state index contributed by atoms with van der Waals surface area (Å²) in [6.07, 6.45) is 21.3. The maximum absolute atomic E-state index is 5.15. The average molecular weight is 2900 g/mol. The third-order valence-corrected chi connectivity index (χ3v) is 44.1. The van der Waals surface area contributed by atoms with Gasteiger partial charge in [-0.2, -0.15) is 0 Å². The van der Waals surface area contributed by atoms with Gasteiger partial charge in [0.2, 0.25) is 0 Å². The van der Waals surface area contributed by atoms with E-state index >= 15 is 0 Å². The molecule has 3 nitrogen and oxygen atoms in total. The molecule has 0 unspecified atom stereocenters. The van der Waals surface area contributed by atoms with Crippen molar-refractivity contribution in [3.05, 3.63) is 519 Å². The Labute approximate surface area is 991 Å². The van der Waals surface area contributed by atoms with Crippen LogP contribution in [-0.4, -0.2) is 21.3 Å². The van der Waals surface area contributed by atoms with E-state index < -0.39 is 0 Å². The molecule has 0 aliphatic carbocycles. The van der Waals surface area contributed by atoms with Crippen LogP contribution >= 0.6 is 0 Å². The normalized spacial score (nSPS) is 10.4. The molecule has 0 amide bonds. The first-order chi connectivity index (χ1) is 68.9. The zero-order valence-electron chi connectivity index (χ0n) is 86.7. The Balaban J connectivity index is 0.000000578. The van der Waals surface area contributed by atoms with Crippen LogP contribution in [-0.2, 0) is 36.5 Å². The molecule has 16 rings (SSSR count). The molecule has 0 aliphatic heterocycles. The first kappa shape index (κ1) is 138. The number of benzene rings is 16. The van der Waals surface area contributed by atoms with Gasteiger partial charge in [0.1, 0.15) is 0 Å². The van der Waals surface area contributed by atoms with Gasteiger partial charge in [0.05, 0.1) is 0 Å². The van der Waals surface area contributed by atoms with E-state index in [4.69, 9.17) is 14.2 Å². The van der Waals surface area contributed by atoms with Crippen molar-refractivity contribution in [2.45, 2.75) is 262 Å². The molecule has 0 saturated heterocycles. The second-order valence-electron chi connectivity index (χ2n) is 36.6. The molecule has 0 aromatic heterocycles. The number of hydrogen-bond donors (Lipinski definition) is 0. The molecule has 16 aromatic rings. The molecular formula is C138H178I8O3-8. The van der Waals surface area contributed by atoms with Crippen molar-refractivity contribution < 1.29 is 184 Å². The van der Waals surface area contributed by atoms with E-state index in [0.29, 0.717) is 0 Å². The van der Waals surface area contributed by atoms with E-state index in [1.54, 1.807) is 28.5 Å². The monoisotopic (exact) mass is 2900 g/mol. The van der Waals surface area contributed by atoms with Crippen LogP contribution in [0.3, 0.4) is 0 Å². The Morgan fingerprint density at radius 3 is 0.503 bits per heavy atom. The van der Waals surface area contributed by atoms with Crippen molar-refractivity contribution >= 4 is 0 Å². The second kappa shape index (κ2) is 79.7. The number of aryl methyl sites for hydroxylation is 8. The van der Waals surface area contributed by atoms with Gasteiger partial charge in [-0.15, -0.1) is 0 Å². The van der Waals surface area contributed by atoms with Gasteiger partial charge in [-0.1, -0.05) is 52.0 Å². The van der Waals surface area contributed by atoms with Gasteiger partial charge in [-0.05, 0) is 0 Å². The molecule has 0 saturated carbocycles. The molecule has 0 atom stereocenters. The predicted octanol–water partition coefficient (Wildman–Crippen LogP) is 13.8. The van der Waals surface area contributed by atoms with E-state index in [1.807, 2.05) is 36.4 Å². The van der Waals surface area contributed by atoms with Crippen molar-refractivity contribution in [3.63, 3.8) is 0 Å². The number of ether oxygens (including phenoxy) is 3. The van der Waals surface area contributed by atoms with Crippen molar-refractivity contribution in [1.29, 1.82) is 0 Å². The third-order valence-electron chi connectivity index (χ3n) is 22.7. The molecule has 812 valence electrons. The number of rotatable bonds is 35. The van der Waals surface area contributed by atoms with Crippen molar-refractivity contribution in [1.82, 2.24) is 0 Å². The van der Waals surface area contributed by atoms with E-state index in [-0.39, 0.29) is 232 Å². The number of halogens is 8. The number of unbranched alkanes of at least 4 members (excludes halogenated alkanes) is 10. The molecular weight excluding hydrogens is 2720 g/mol. The van der Waals surface area contributed by atoms with E-state index in [9.17, 15) is 0 Å². The molecule has 0 bridgehead atoms. The minimum absolute atomic E-state index is 0. The molecule has 16 aromatic carbocycles. The van der Waals surface area contributed by atoms with E-state index in [0.717, 1.165) is 30.1 Å². The van der Waals surface area contributed by atoms with Crippen LogP contribution in [0, 0.1) is 84.8 Å². The maximum atomic E-state index is 5.15. The van der Waals surface area contributed by atoms with Crippen molar-refractivity contribution in [3.8, 4) is 17.2 Å². The van der Waals surface area contributed by atoms with Gasteiger partial charge >= 0.3 is 952 Å². The Hall–Kier alpha value is -7.24. The standard InChI is InChI=1S/C28H42I.C20H26I.C16H18I.C14H14IO2.2C14H14I.C13H12IO.C12H10I.7CH4/c1-3-5-7-9-11-13-15-25-17-21-27(22-18-25)29-28-23-19-26(20-24-28)16-14-12-10-8-6-4-2;1-19(2,3)15-7-11-17(12-8-15)21-18-13-9-16(10-14-18)20(4,5)6;1-3-13-5-9-15(10-6-13)17-16-11-7-14(4-2)8-12-16;1-16-13-7-3-11(4-8-13)15-12-5-9-14(17-2)10-6-12;2*1-11-3-7-13(8-4-11)15-14-9-5-12(2)6-10-14;1-15-13-9-7-12(8-10-13)14-11-5-3-2-4-6-11;1-3-7-11(8-4-1)13-12-9-5-2-6-10-12;;;;;;;/h17-24H,3-16H2,1-2H3;7-14H,1-6H3;5-12H,3-4H2,1-2H3;3-10H,1-2H3;2*3-10H,1-2H3;2-10H,1H3;1-10H;7*1H4/q8*-1;;;;;;;. The van der Waals surface area contributed by atoms with Crippen LogP contribution in [0.1, 0.15) is 254 Å². The summed E-state index contributed by atoms with van der Waals surface area (Å²) in [5.74, 6) is 2.75. The van der Waals surface area contributed by atoms with Gasteiger partial charge < -0.3 is 0 Å². The number of methoxy groups -OCH3 is 3. The summed E-state index contributed by atoms with van der Waals surface area (Å²) in [5.41, 5.74) is 14.6. The topological polar surface area (TPSA) is 27.7 Å². The van der Waals surface area contributed by atoms with Crippen LogP contribution in [0.2, 0.25) is 0 Å². The Kier molecular flexibility index (Phi) is 73.7. The Bertz CT molecular complexity index is 5490. The molecule has 0 heterocycles. The van der Waals surface area contributed by atoms with Crippen LogP contribution in [0.15, 0.2) is 406 Å². The fourth-order valence-corrected chi connectivity index (χ4v) is 31.4. The van der Waals surface area contributed by atoms with Gasteiger partial charge in [0.15, 0.2) is 0 Å². The summed E-state index contributed by atoms with van der Waals surface area (Å²) < 4.78 is 39.0. The van der Waals surface area contributed by atoms with Gasteiger partial charge in [0.25, 0.3) is 0 Å². The summed E-state index contributed by atoms with van der Waals surface area (Å²) in [6, 6.07) is 148. The SMILES string of the molecule is C.C.C.C.C.C.C.CC(C)(C)c1ccc([I-]c2ccc(C(C)(C)C)cc2)cc1.CCCCCCCCc1ccc([I-]c2ccc(CCCCCCCC)cc2)cc1.CCc1ccc([I-]c2ccc(CC)cc2)cc1.COc1ccc([I-]c2ccc(OC)cc2)cc1.COc1ccc([I-]c2ccccc2)cc1.Cc1ccc([I-]c2ccc(C)cc2)cc1.Cc1ccc([I-]c2ccc(C)cc2)cc1.c1ccc([I-]c2ccccc2)cc1. The van der Waals surface area contributed by atoms with Gasteiger partial charge in [-0.25, -0.2) is 0 Å². The molecule has 0 radical (unpaired) electrons. The zero-order chi connectivity index (χ0) is 101. The van der Waals surface area contributed by atoms with Crippen LogP contribution in [0.25, 0.3) is 0 Å². The molecule has 11 heteroatoms. The summed E-state index contributed by atoms with van der Waals surface area (Å²) in [4.78, 5) is 0. The van der Waals surface area contributed by atoms with Crippen LogP contribution < -0.4 is 184 Å². The number of hydrogen-bond acceptors (Lipinski definition) is 3. The molecule has 0 N–H and O–H groups in total. The Morgan fingerprint density at radius 2 is 0.329 bits per heavy atom. The molecule has 149 heavy (non-hydrogen) atoms. The minimum atomic E-state index is -0.119. The summed E-state index contributed by atoms with van der Waals surface area (Å²) in [5, 5.41) is 0. The van der Waals surface area contributed by atoms with Gasteiger partial charge in [0, 0.05) is 0 Å². The van der Waals surface area contributed by atoms with Crippen molar-refractivity contribution in [2.75, 3.05) is 21.3 Å². The van der Waals surface area contributed by atoms with E-state index in [2.05, 4.69) is 467 Å². The second-order valence-corrected chi connectivity index (χ2v) is 60.8. The molecule has 0 aliphatic rings. The van der Waals surface area contributed by atoms with Crippen molar-refractivity contribution in [2.24, 2.45) is 0 Å². The summed E-state index contributed by atoms with van der Waals surface area (Å²) in [6.45, 7) is 31.1. The Morgan fingerprint density at radius 1 is 0.174 bits per heavy atom. The first-order valence-corrected chi connectivity index (χ1v) is 67.3. The summed E-state index contributed by atoms with van der Waals surface area (Å²) >= 11 is -0.251. The third kappa shape index (κ3) is 57.7. The molecule has 0 spiro atoms. The predicted molar refractivity (Wildman–Crippen MR) is 618 cm³/mol. The molecule has 0 fully saturated rings. The summed E-state index contributed by atoms with van der Waals surface area (Å²) in [7, 11) is 5.07. The van der Waals surface area contributed by atoms with Crippen LogP contribution in [0.4, 0.5) is 0 Å². The van der Waals surface area contributed by atoms with E-state index in [1.165, 1.54) is 196 Å². The zero-order valence-corrected chi connectivity index (χ0v) is 104. The first-order valence-electron chi connectivity index (χ1n) is 50.0. The fourth-order valence-electron chi connectivity index (χ4n) is 14.0. The van der Waals surface area contributed by atoms with Crippen LogP contribution in [0.5, 0.6) is 17.2 Å². The van der Waals surface area contributed by atoms with Gasteiger partial charge in [-0.3, -0.25) is 0 Å². The quantitative estimate of drug-likeness (QED) is 0.0293. The fraction of sp³-hybridized carbons (Fsp3) is 0.304. The average Bonchev–Trinajstić information content (AvgIpc) is 0.834.